The van der Waals surface area contributed by atoms with Crippen molar-refractivity contribution in [3.8, 4) is 12.3 Å². The molecule has 2 aromatic rings. The summed E-state index contributed by atoms with van der Waals surface area (Å²) in [6, 6.07) is 6.16. The first-order valence-corrected chi connectivity index (χ1v) is 3.85. The van der Waals surface area contributed by atoms with Crippen LogP contribution in [0.4, 0.5) is 0 Å². The number of aromatic nitrogens is 1. The zero-order chi connectivity index (χ0) is 8.55. The van der Waals surface area contributed by atoms with E-state index < -0.39 is 0 Å². The van der Waals surface area contributed by atoms with Gasteiger partial charge in [-0.2, -0.15) is 0 Å². The number of fused-ring (bicyclic) bond motifs is 1. The van der Waals surface area contributed by atoms with Gasteiger partial charge in [0.25, 0.3) is 0 Å². The van der Waals surface area contributed by atoms with Crippen molar-refractivity contribution < 1.29 is 0 Å². The lowest BCUT2D eigenvalue weighted by molar-refractivity contribution is 1.44. The van der Waals surface area contributed by atoms with E-state index in [0.717, 1.165) is 11.1 Å². The Morgan fingerprint density at radius 2 is 2.25 bits per heavy atom. The van der Waals surface area contributed by atoms with E-state index >= 15 is 0 Å². The fraction of sp³-hybridized carbons (Fsp3) is 0.0909. The van der Waals surface area contributed by atoms with E-state index in [0.29, 0.717) is 0 Å². The maximum absolute atomic E-state index is 5.37. The van der Waals surface area contributed by atoms with Crippen molar-refractivity contribution >= 4 is 10.9 Å². The van der Waals surface area contributed by atoms with E-state index in [1.54, 1.807) is 0 Å². The topological polar surface area (TPSA) is 15.8 Å². The number of hydrogen-bond acceptors (Lipinski definition) is 0. The zero-order valence-corrected chi connectivity index (χ0v) is 6.89. The molecule has 0 atom stereocenters. The van der Waals surface area contributed by atoms with Crippen LogP contribution in [-0.4, -0.2) is 4.98 Å². The molecule has 58 valence electrons. The molecule has 0 aliphatic carbocycles. The molecule has 1 aromatic carbocycles. The van der Waals surface area contributed by atoms with E-state index in [-0.39, 0.29) is 0 Å². The molecule has 1 heterocycles. The Bertz CT molecular complexity index is 457. The molecule has 0 aliphatic rings. The van der Waals surface area contributed by atoms with Crippen LogP contribution in [0.3, 0.4) is 0 Å². The molecule has 0 spiro atoms. The minimum Gasteiger partial charge on any atom is -0.360 e. The first-order valence-electron chi connectivity index (χ1n) is 3.85. The van der Waals surface area contributed by atoms with Gasteiger partial charge in [0.2, 0.25) is 0 Å². The van der Waals surface area contributed by atoms with Gasteiger partial charge in [-0.15, -0.1) is 6.42 Å². The van der Waals surface area contributed by atoms with Gasteiger partial charge in [0.05, 0.1) is 5.52 Å². The fourth-order valence-electron chi connectivity index (χ4n) is 1.44. The second-order valence-corrected chi connectivity index (χ2v) is 2.90. The highest BCUT2D eigenvalue weighted by Gasteiger charge is 1.99. The van der Waals surface area contributed by atoms with Crippen LogP contribution in [0, 0.1) is 19.3 Å². The summed E-state index contributed by atoms with van der Waals surface area (Å²) < 4.78 is 0. The van der Waals surface area contributed by atoms with Gasteiger partial charge in [0, 0.05) is 17.1 Å². The van der Waals surface area contributed by atoms with Crippen molar-refractivity contribution in [3.63, 3.8) is 0 Å². The second-order valence-electron chi connectivity index (χ2n) is 2.90. The molecule has 0 unspecified atom stereocenters. The van der Waals surface area contributed by atoms with Crippen molar-refractivity contribution in [1.82, 2.24) is 4.98 Å². The van der Waals surface area contributed by atoms with Crippen LogP contribution in [0.15, 0.2) is 24.4 Å². The lowest BCUT2D eigenvalue weighted by Gasteiger charge is -1.97. The highest BCUT2D eigenvalue weighted by molar-refractivity contribution is 5.85. The van der Waals surface area contributed by atoms with Gasteiger partial charge in [-0.25, -0.2) is 0 Å². The predicted molar refractivity (Wildman–Crippen MR) is 51.0 cm³/mol. The third-order valence-electron chi connectivity index (χ3n) is 1.96. The normalized spacial score (nSPS) is 10.0. The Hall–Kier alpha value is -1.68. The van der Waals surface area contributed by atoms with Crippen molar-refractivity contribution in [2.75, 3.05) is 0 Å². The number of aryl methyl sites for hydroxylation is 1. The minimum atomic E-state index is 0.940. The monoisotopic (exact) mass is 155 g/mol. The lowest BCUT2D eigenvalue weighted by Crippen LogP contribution is -1.80. The molecule has 0 bridgehead atoms. The molecule has 2 rings (SSSR count). The smallest absolute Gasteiger partial charge is 0.0613 e. The van der Waals surface area contributed by atoms with Crippen LogP contribution in [0.2, 0.25) is 0 Å². The first kappa shape index (κ1) is 7.00. The van der Waals surface area contributed by atoms with E-state index in [2.05, 4.69) is 17.0 Å². The van der Waals surface area contributed by atoms with Gasteiger partial charge in [-0.05, 0) is 30.7 Å². The molecule has 0 radical (unpaired) electrons. The van der Waals surface area contributed by atoms with Crippen LogP contribution < -0.4 is 0 Å². The quantitative estimate of drug-likeness (QED) is 0.562. The third kappa shape index (κ3) is 0.895. The summed E-state index contributed by atoms with van der Waals surface area (Å²) in [5, 5.41) is 1.18. The van der Waals surface area contributed by atoms with Crippen molar-refractivity contribution in [3.05, 3.63) is 35.5 Å². The second kappa shape index (κ2) is 2.42. The van der Waals surface area contributed by atoms with Crippen LogP contribution >= 0.6 is 0 Å². The molecule has 0 amide bonds. The van der Waals surface area contributed by atoms with Crippen LogP contribution in [0.1, 0.15) is 11.1 Å². The molecule has 12 heavy (non-hydrogen) atoms. The van der Waals surface area contributed by atoms with Crippen molar-refractivity contribution in [2.24, 2.45) is 0 Å². The summed E-state index contributed by atoms with van der Waals surface area (Å²) in [6.45, 7) is 2.05. The molecular formula is C11H9N. The number of hydrogen-bond donors (Lipinski definition) is 1. The third-order valence-corrected chi connectivity index (χ3v) is 1.96. The van der Waals surface area contributed by atoms with E-state index in [1.165, 1.54) is 10.9 Å². The Labute approximate surface area is 71.4 Å². The Morgan fingerprint density at radius 3 is 3.00 bits per heavy atom. The van der Waals surface area contributed by atoms with Crippen molar-refractivity contribution in [1.29, 1.82) is 0 Å². The van der Waals surface area contributed by atoms with Gasteiger partial charge >= 0.3 is 0 Å². The number of terminal acetylenes is 1. The molecule has 1 aromatic heterocycles. The van der Waals surface area contributed by atoms with Crippen LogP contribution in [0.25, 0.3) is 10.9 Å². The SMILES string of the molecule is C#Cc1cc(C)cc2cc[nH]c12. The standard InChI is InChI=1S/C11H9N/c1-3-9-6-8(2)7-10-4-5-12-11(9)10/h1,4-7,12H,2H3. The summed E-state index contributed by atoms with van der Waals surface area (Å²) in [5.41, 5.74) is 3.20. The number of H-pyrrole nitrogens is 1. The van der Waals surface area contributed by atoms with E-state index in [1.807, 2.05) is 25.3 Å². The highest BCUT2D eigenvalue weighted by Crippen LogP contribution is 2.18. The summed E-state index contributed by atoms with van der Waals surface area (Å²) in [7, 11) is 0. The number of aromatic amines is 1. The maximum Gasteiger partial charge on any atom is 0.0613 e. The zero-order valence-electron chi connectivity index (χ0n) is 6.89. The Kier molecular flexibility index (Phi) is 1.41. The molecule has 0 saturated carbocycles. The number of rotatable bonds is 0. The van der Waals surface area contributed by atoms with Crippen LogP contribution in [0.5, 0.6) is 0 Å². The van der Waals surface area contributed by atoms with Crippen LogP contribution in [-0.2, 0) is 0 Å². The Morgan fingerprint density at radius 1 is 1.42 bits per heavy atom. The molecule has 0 fully saturated rings. The first-order chi connectivity index (χ1) is 5.81. The van der Waals surface area contributed by atoms with Crippen molar-refractivity contribution in [2.45, 2.75) is 6.92 Å². The van der Waals surface area contributed by atoms with Gasteiger partial charge < -0.3 is 4.98 Å². The molecule has 1 heteroatoms. The fourth-order valence-corrected chi connectivity index (χ4v) is 1.44. The summed E-state index contributed by atoms with van der Waals surface area (Å²) in [4.78, 5) is 3.12. The lowest BCUT2D eigenvalue weighted by atomic mass is 10.1. The average Bonchev–Trinajstić information content (AvgIpc) is 2.50. The van der Waals surface area contributed by atoms with Gasteiger partial charge in [0.1, 0.15) is 0 Å². The summed E-state index contributed by atoms with van der Waals surface area (Å²) in [5.74, 6) is 2.67. The number of benzene rings is 1. The van der Waals surface area contributed by atoms with Gasteiger partial charge in [-0.1, -0.05) is 5.92 Å². The summed E-state index contributed by atoms with van der Waals surface area (Å²) in [6.07, 6.45) is 7.28. The van der Waals surface area contributed by atoms with E-state index in [9.17, 15) is 0 Å². The number of nitrogens with one attached hydrogen (secondary N) is 1. The Balaban J connectivity index is 2.91. The van der Waals surface area contributed by atoms with Gasteiger partial charge in [0.15, 0.2) is 0 Å². The largest absolute Gasteiger partial charge is 0.360 e. The molecule has 0 aliphatic heterocycles. The molecular weight excluding hydrogens is 146 g/mol. The summed E-state index contributed by atoms with van der Waals surface area (Å²) >= 11 is 0. The molecule has 1 N–H and O–H groups in total. The van der Waals surface area contributed by atoms with E-state index in [4.69, 9.17) is 6.42 Å². The molecule has 0 saturated heterocycles. The highest BCUT2D eigenvalue weighted by atomic mass is 14.7. The maximum atomic E-state index is 5.37. The minimum absolute atomic E-state index is 0.940. The predicted octanol–water partition coefficient (Wildman–Crippen LogP) is 2.46. The van der Waals surface area contributed by atoms with Gasteiger partial charge in [-0.3, -0.25) is 0 Å². The average molecular weight is 155 g/mol. The molecule has 1 nitrogen and oxygen atoms in total.